The van der Waals surface area contributed by atoms with Gasteiger partial charge in [-0.05, 0) is 77.7 Å². The second-order valence-electron chi connectivity index (χ2n) is 3.28. The van der Waals surface area contributed by atoms with Gasteiger partial charge in [-0.3, -0.25) is 0 Å². The van der Waals surface area contributed by atoms with E-state index in [0.29, 0.717) is 0 Å². The second kappa shape index (κ2) is 5.48. The predicted octanol–water partition coefficient (Wildman–Crippen LogP) is 4.93. The van der Waals surface area contributed by atoms with Crippen molar-refractivity contribution in [2.45, 2.75) is 6.04 Å². The van der Waals surface area contributed by atoms with Gasteiger partial charge in [0.15, 0.2) is 0 Å². The van der Waals surface area contributed by atoms with Crippen molar-refractivity contribution in [2.75, 3.05) is 0 Å². The van der Waals surface area contributed by atoms with E-state index in [1.54, 1.807) is 11.3 Å². The largest absolute Gasteiger partial charge is 0.320 e. The number of thiophene rings is 1. The lowest BCUT2D eigenvalue weighted by atomic mass is 10.0. The van der Waals surface area contributed by atoms with Crippen LogP contribution in [0.15, 0.2) is 37.9 Å². The Balaban J connectivity index is 2.43. The van der Waals surface area contributed by atoms with Gasteiger partial charge in [-0.2, -0.15) is 0 Å². The van der Waals surface area contributed by atoms with E-state index in [1.807, 2.05) is 12.1 Å². The van der Waals surface area contributed by atoms with E-state index in [4.69, 9.17) is 5.73 Å². The fraction of sp³-hybridized carbons (Fsp3) is 0.0909. The van der Waals surface area contributed by atoms with Crippen molar-refractivity contribution in [1.82, 2.24) is 0 Å². The SMILES string of the molecule is NC(c1ccccc1I)c1cc(Br)sc1Br. The van der Waals surface area contributed by atoms with Crippen LogP contribution in [0.4, 0.5) is 0 Å². The Bertz CT molecular complexity index is 512. The summed E-state index contributed by atoms with van der Waals surface area (Å²) in [6.45, 7) is 0. The molecule has 2 aromatic rings. The molecule has 16 heavy (non-hydrogen) atoms. The van der Waals surface area contributed by atoms with Gasteiger partial charge in [-0.25, -0.2) is 0 Å². The highest BCUT2D eigenvalue weighted by atomic mass is 127. The quantitative estimate of drug-likeness (QED) is 0.616. The van der Waals surface area contributed by atoms with Crippen molar-refractivity contribution in [1.29, 1.82) is 0 Å². The molecule has 2 N–H and O–H groups in total. The maximum Gasteiger partial charge on any atom is 0.0761 e. The van der Waals surface area contributed by atoms with Crippen molar-refractivity contribution < 1.29 is 0 Å². The molecule has 84 valence electrons. The number of halogens is 3. The monoisotopic (exact) mass is 471 g/mol. The van der Waals surface area contributed by atoms with E-state index in [-0.39, 0.29) is 6.04 Å². The average molecular weight is 473 g/mol. The average Bonchev–Trinajstić information content (AvgIpc) is 2.58. The molecule has 0 spiro atoms. The van der Waals surface area contributed by atoms with Crippen LogP contribution < -0.4 is 5.73 Å². The van der Waals surface area contributed by atoms with Crippen LogP contribution in [0.3, 0.4) is 0 Å². The van der Waals surface area contributed by atoms with Crippen molar-refractivity contribution in [3.8, 4) is 0 Å². The Labute approximate surface area is 129 Å². The highest BCUT2D eigenvalue weighted by molar-refractivity contribution is 14.1. The standard InChI is InChI=1S/C11H8Br2INS/c12-9-5-7(11(13)16-9)10(15)6-3-1-2-4-8(6)14/h1-5,10H,15H2. The molecule has 0 aliphatic carbocycles. The summed E-state index contributed by atoms with van der Waals surface area (Å²) in [6, 6.07) is 10.2. The first-order chi connectivity index (χ1) is 7.59. The zero-order chi connectivity index (χ0) is 11.7. The molecule has 1 aromatic carbocycles. The minimum Gasteiger partial charge on any atom is -0.320 e. The fourth-order valence-electron chi connectivity index (χ4n) is 1.46. The van der Waals surface area contributed by atoms with Crippen LogP contribution in [0.5, 0.6) is 0 Å². The topological polar surface area (TPSA) is 26.0 Å². The molecule has 0 fully saturated rings. The molecule has 5 heteroatoms. The van der Waals surface area contributed by atoms with Crippen molar-refractivity contribution in [3.05, 3.63) is 52.6 Å². The molecule has 1 atom stereocenters. The summed E-state index contributed by atoms with van der Waals surface area (Å²) in [5.41, 5.74) is 8.57. The molecule has 0 radical (unpaired) electrons. The van der Waals surface area contributed by atoms with Crippen LogP contribution >= 0.6 is 65.8 Å². The van der Waals surface area contributed by atoms with E-state index >= 15 is 0 Å². The highest BCUT2D eigenvalue weighted by Gasteiger charge is 2.16. The Morgan fingerprint density at radius 3 is 2.44 bits per heavy atom. The van der Waals surface area contributed by atoms with Gasteiger partial charge >= 0.3 is 0 Å². The Morgan fingerprint density at radius 2 is 1.88 bits per heavy atom. The van der Waals surface area contributed by atoms with E-state index in [2.05, 4.69) is 72.6 Å². The Morgan fingerprint density at radius 1 is 1.19 bits per heavy atom. The van der Waals surface area contributed by atoms with E-state index in [1.165, 1.54) is 3.57 Å². The minimum atomic E-state index is -0.0787. The molecule has 0 aliphatic heterocycles. The smallest absolute Gasteiger partial charge is 0.0761 e. The molecule has 1 nitrogen and oxygen atoms in total. The lowest BCUT2D eigenvalue weighted by Gasteiger charge is -2.13. The summed E-state index contributed by atoms with van der Waals surface area (Å²) in [6.07, 6.45) is 0. The van der Waals surface area contributed by atoms with Gasteiger partial charge in [0.05, 0.1) is 13.6 Å². The van der Waals surface area contributed by atoms with Crippen LogP contribution in [0.25, 0.3) is 0 Å². The van der Waals surface area contributed by atoms with Crippen LogP contribution in [0, 0.1) is 3.57 Å². The number of hydrogen-bond acceptors (Lipinski definition) is 2. The van der Waals surface area contributed by atoms with Gasteiger partial charge in [0.25, 0.3) is 0 Å². The summed E-state index contributed by atoms with van der Waals surface area (Å²) >= 11 is 11.0. The molecule has 2 rings (SSSR count). The number of rotatable bonds is 2. The van der Waals surface area contributed by atoms with Crippen LogP contribution in [0.2, 0.25) is 0 Å². The second-order valence-corrected chi connectivity index (χ2v) is 8.19. The lowest BCUT2D eigenvalue weighted by Crippen LogP contribution is -2.12. The summed E-state index contributed by atoms with van der Waals surface area (Å²) in [5, 5.41) is 0. The third kappa shape index (κ3) is 2.69. The van der Waals surface area contributed by atoms with Crippen molar-refractivity contribution >= 4 is 65.8 Å². The Kier molecular flexibility index (Phi) is 4.45. The molecule has 0 bridgehead atoms. The zero-order valence-electron chi connectivity index (χ0n) is 8.08. The first-order valence-corrected chi connectivity index (χ1v) is 8.02. The molecule has 0 aliphatic rings. The summed E-state index contributed by atoms with van der Waals surface area (Å²) in [7, 11) is 0. The maximum absolute atomic E-state index is 6.28. The summed E-state index contributed by atoms with van der Waals surface area (Å²) in [4.78, 5) is 0. The van der Waals surface area contributed by atoms with E-state index < -0.39 is 0 Å². The molecule has 0 amide bonds. The minimum absolute atomic E-state index is 0.0787. The van der Waals surface area contributed by atoms with Crippen LogP contribution in [-0.4, -0.2) is 0 Å². The predicted molar refractivity (Wildman–Crippen MR) is 84.9 cm³/mol. The summed E-state index contributed by atoms with van der Waals surface area (Å²) in [5.74, 6) is 0. The maximum atomic E-state index is 6.28. The van der Waals surface area contributed by atoms with Gasteiger partial charge in [-0.1, -0.05) is 18.2 Å². The molecule has 0 saturated heterocycles. The zero-order valence-corrected chi connectivity index (χ0v) is 14.2. The van der Waals surface area contributed by atoms with Gasteiger partial charge in [0, 0.05) is 3.57 Å². The van der Waals surface area contributed by atoms with Gasteiger partial charge in [-0.15, -0.1) is 11.3 Å². The third-order valence-electron chi connectivity index (χ3n) is 2.26. The molecule has 1 unspecified atom stereocenters. The number of hydrogen-bond donors (Lipinski definition) is 1. The van der Waals surface area contributed by atoms with Crippen molar-refractivity contribution in [3.63, 3.8) is 0 Å². The van der Waals surface area contributed by atoms with Crippen LogP contribution in [0.1, 0.15) is 17.2 Å². The third-order valence-corrected chi connectivity index (χ3v) is 5.63. The van der Waals surface area contributed by atoms with Crippen molar-refractivity contribution in [2.24, 2.45) is 5.73 Å². The fourth-order valence-corrected chi connectivity index (χ4v) is 5.11. The van der Waals surface area contributed by atoms with Gasteiger partial charge in [0.1, 0.15) is 0 Å². The lowest BCUT2D eigenvalue weighted by molar-refractivity contribution is 0.866. The summed E-state index contributed by atoms with van der Waals surface area (Å²) < 4.78 is 3.38. The Hall–Kier alpha value is 0.570. The molecule has 0 saturated carbocycles. The van der Waals surface area contributed by atoms with Gasteiger partial charge in [0.2, 0.25) is 0 Å². The van der Waals surface area contributed by atoms with Gasteiger partial charge < -0.3 is 5.73 Å². The van der Waals surface area contributed by atoms with E-state index in [9.17, 15) is 0 Å². The number of benzene rings is 1. The molecule has 1 heterocycles. The normalized spacial score (nSPS) is 12.8. The molecule has 1 aromatic heterocycles. The van der Waals surface area contributed by atoms with Crippen LogP contribution in [-0.2, 0) is 0 Å². The molecular formula is C11H8Br2INS. The number of nitrogens with two attached hydrogens (primary N) is 1. The molecular weight excluding hydrogens is 465 g/mol. The highest BCUT2D eigenvalue weighted by Crippen LogP contribution is 2.37. The first-order valence-electron chi connectivity index (χ1n) is 4.54. The van der Waals surface area contributed by atoms with E-state index in [0.717, 1.165) is 18.7 Å². The first kappa shape index (κ1) is 13.0.